The van der Waals surface area contributed by atoms with Crippen LogP contribution in [0.15, 0.2) is 48.0 Å². The van der Waals surface area contributed by atoms with Gasteiger partial charge in [0.15, 0.2) is 0 Å². The van der Waals surface area contributed by atoms with Crippen molar-refractivity contribution in [2.45, 2.75) is 0 Å². The first kappa shape index (κ1) is 19.2. The van der Waals surface area contributed by atoms with Crippen LogP contribution in [-0.4, -0.2) is 30.8 Å². The Balaban J connectivity index is 2.21. The molecule has 132 valence electrons. The Morgan fingerprint density at radius 2 is 1.85 bits per heavy atom. The molecule has 0 bridgehead atoms. The van der Waals surface area contributed by atoms with Crippen LogP contribution in [0.3, 0.4) is 0 Å². The summed E-state index contributed by atoms with van der Waals surface area (Å²) >= 11 is 5.91. The number of hydrogen-bond acceptors (Lipinski definition) is 3. The molecule has 2 aromatic carbocycles. The van der Waals surface area contributed by atoms with Crippen molar-refractivity contribution in [2.75, 3.05) is 19.4 Å². The van der Waals surface area contributed by atoms with Crippen molar-refractivity contribution in [1.29, 1.82) is 5.26 Å². The van der Waals surface area contributed by atoms with Crippen LogP contribution in [-0.2, 0) is 4.79 Å². The number of halogens is 2. The molecule has 1 N–H and O–H groups in total. The van der Waals surface area contributed by atoms with Gasteiger partial charge in [0.25, 0.3) is 11.8 Å². The second kappa shape index (κ2) is 8.28. The number of nitrogens with one attached hydrogen (secondary N) is 1. The zero-order chi connectivity index (χ0) is 19.3. The summed E-state index contributed by atoms with van der Waals surface area (Å²) in [5.41, 5.74) is 0.520. The Hall–Kier alpha value is -3.17. The lowest BCUT2D eigenvalue weighted by Gasteiger charge is -2.11. The van der Waals surface area contributed by atoms with Crippen LogP contribution in [0.4, 0.5) is 10.1 Å². The van der Waals surface area contributed by atoms with Gasteiger partial charge in [0, 0.05) is 30.9 Å². The highest BCUT2D eigenvalue weighted by molar-refractivity contribution is 6.32. The first-order chi connectivity index (χ1) is 12.3. The van der Waals surface area contributed by atoms with Crippen molar-refractivity contribution >= 4 is 35.2 Å². The van der Waals surface area contributed by atoms with Gasteiger partial charge in [-0.1, -0.05) is 17.7 Å². The molecular weight excluding hydrogens is 357 g/mol. The summed E-state index contributed by atoms with van der Waals surface area (Å²) in [6, 6.07) is 12.0. The van der Waals surface area contributed by atoms with Gasteiger partial charge in [-0.25, -0.2) is 4.39 Å². The maximum absolute atomic E-state index is 13.8. The third-order valence-electron chi connectivity index (χ3n) is 3.45. The molecule has 2 rings (SSSR count). The zero-order valence-electron chi connectivity index (χ0n) is 14.1. The highest BCUT2D eigenvalue weighted by Crippen LogP contribution is 2.22. The highest BCUT2D eigenvalue weighted by atomic mass is 35.5. The van der Waals surface area contributed by atoms with Crippen LogP contribution < -0.4 is 5.32 Å². The van der Waals surface area contributed by atoms with Gasteiger partial charge >= 0.3 is 0 Å². The van der Waals surface area contributed by atoms with Crippen molar-refractivity contribution in [3.63, 3.8) is 0 Å². The van der Waals surface area contributed by atoms with Crippen LogP contribution in [0.5, 0.6) is 0 Å². The monoisotopic (exact) mass is 371 g/mol. The minimum Gasteiger partial charge on any atom is -0.345 e. The lowest BCUT2D eigenvalue weighted by atomic mass is 10.1. The average Bonchev–Trinajstić information content (AvgIpc) is 2.61. The van der Waals surface area contributed by atoms with Gasteiger partial charge in [-0.2, -0.15) is 5.26 Å². The Morgan fingerprint density at radius 3 is 2.38 bits per heavy atom. The summed E-state index contributed by atoms with van der Waals surface area (Å²) in [4.78, 5) is 25.5. The predicted octanol–water partition coefficient (Wildman–Crippen LogP) is 3.73. The molecule has 0 saturated carbocycles. The molecule has 0 aromatic heterocycles. The molecule has 0 spiro atoms. The van der Waals surface area contributed by atoms with E-state index in [0.29, 0.717) is 11.3 Å². The van der Waals surface area contributed by atoms with E-state index >= 15 is 0 Å². The van der Waals surface area contributed by atoms with Crippen LogP contribution >= 0.6 is 11.6 Å². The molecule has 26 heavy (non-hydrogen) atoms. The van der Waals surface area contributed by atoms with E-state index < -0.39 is 11.7 Å². The number of carbonyl (C=O) groups excluding carboxylic acids is 2. The van der Waals surface area contributed by atoms with E-state index in [1.807, 2.05) is 0 Å². The van der Waals surface area contributed by atoms with Gasteiger partial charge in [0.2, 0.25) is 0 Å². The van der Waals surface area contributed by atoms with Gasteiger partial charge in [-0.3, -0.25) is 9.59 Å². The number of benzene rings is 2. The topological polar surface area (TPSA) is 73.2 Å². The quantitative estimate of drug-likeness (QED) is 0.657. The van der Waals surface area contributed by atoms with Gasteiger partial charge in [-0.05, 0) is 42.5 Å². The summed E-state index contributed by atoms with van der Waals surface area (Å²) < 4.78 is 13.8. The summed E-state index contributed by atoms with van der Waals surface area (Å²) in [6.45, 7) is 0. The molecular formula is C19H15ClFN3O2. The molecule has 0 atom stereocenters. The molecule has 2 aromatic rings. The lowest BCUT2D eigenvalue weighted by Crippen LogP contribution is -2.21. The first-order valence-corrected chi connectivity index (χ1v) is 7.90. The van der Waals surface area contributed by atoms with Crippen LogP contribution in [0.1, 0.15) is 15.9 Å². The first-order valence-electron chi connectivity index (χ1n) is 7.52. The van der Waals surface area contributed by atoms with Crippen LogP contribution in [0, 0.1) is 17.1 Å². The van der Waals surface area contributed by atoms with Crippen LogP contribution in [0.25, 0.3) is 6.08 Å². The van der Waals surface area contributed by atoms with E-state index in [9.17, 15) is 19.2 Å². The Morgan fingerprint density at radius 1 is 1.19 bits per heavy atom. The number of hydrogen-bond donors (Lipinski definition) is 1. The van der Waals surface area contributed by atoms with Gasteiger partial charge in [0.05, 0.1) is 5.02 Å². The SMILES string of the molecule is CN(C)C(=O)c1ccc(NC(=O)/C(C#N)=C/c2c(F)cccc2Cl)cc1. The molecule has 0 saturated heterocycles. The normalized spacial score (nSPS) is 10.8. The van der Waals surface area contributed by atoms with Gasteiger partial charge in [-0.15, -0.1) is 0 Å². The summed E-state index contributed by atoms with van der Waals surface area (Å²) in [5, 5.41) is 11.8. The van der Waals surface area contributed by atoms with Crippen molar-refractivity contribution in [3.8, 4) is 6.07 Å². The van der Waals surface area contributed by atoms with Crippen molar-refractivity contribution in [3.05, 3.63) is 70.0 Å². The molecule has 0 fully saturated rings. The van der Waals surface area contributed by atoms with Crippen molar-refractivity contribution in [1.82, 2.24) is 4.90 Å². The van der Waals surface area contributed by atoms with Gasteiger partial charge < -0.3 is 10.2 Å². The fraction of sp³-hybridized carbons (Fsp3) is 0.105. The van der Waals surface area contributed by atoms with E-state index in [0.717, 1.165) is 6.08 Å². The molecule has 0 aliphatic carbocycles. The van der Waals surface area contributed by atoms with E-state index in [-0.39, 0.29) is 22.1 Å². The van der Waals surface area contributed by atoms with E-state index in [2.05, 4.69) is 5.32 Å². The molecule has 0 heterocycles. The number of anilines is 1. The van der Waals surface area contributed by atoms with Crippen molar-refractivity contribution < 1.29 is 14.0 Å². The number of rotatable bonds is 4. The van der Waals surface area contributed by atoms with E-state index in [1.54, 1.807) is 44.4 Å². The molecule has 2 amide bonds. The zero-order valence-corrected chi connectivity index (χ0v) is 14.8. The lowest BCUT2D eigenvalue weighted by molar-refractivity contribution is -0.112. The minimum absolute atomic E-state index is 0.0344. The Kier molecular flexibility index (Phi) is 6.10. The maximum atomic E-state index is 13.8. The summed E-state index contributed by atoms with van der Waals surface area (Å²) in [7, 11) is 3.27. The van der Waals surface area contributed by atoms with Gasteiger partial charge in [0.1, 0.15) is 17.5 Å². The molecule has 0 aliphatic heterocycles. The maximum Gasteiger partial charge on any atom is 0.266 e. The number of nitriles is 1. The van der Waals surface area contributed by atoms with Crippen LogP contribution in [0.2, 0.25) is 5.02 Å². The third-order valence-corrected chi connectivity index (χ3v) is 3.78. The standard InChI is InChI=1S/C19H15ClFN3O2/c1-24(2)19(26)12-6-8-14(9-7-12)23-18(25)13(11-22)10-15-16(20)4-3-5-17(15)21/h3-10H,1-2H3,(H,23,25)/b13-10+. The number of amides is 2. The molecule has 7 heteroatoms. The Bertz CT molecular complexity index is 895. The third kappa shape index (κ3) is 4.47. The van der Waals surface area contributed by atoms with Crippen molar-refractivity contribution in [2.24, 2.45) is 0 Å². The number of carbonyl (C=O) groups is 2. The smallest absolute Gasteiger partial charge is 0.266 e. The largest absolute Gasteiger partial charge is 0.345 e. The average molecular weight is 372 g/mol. The fourth-order valence-electron chi connectivity index (χ4n) is 2.09. The molecule has 0 aliphatic rings. The molecule has 0 unspecified atom stereocenters. The summed E-state index contributed by atoms with van der Waals surface area (Å²) in [5.74, 6) is -1.52. The molecule has 0 radical (unpaired) electrons. The van der Waals surface area contributed by atoms with E-state index in [1.165, 1.54) is 23.1 Å². The fourth-order valence-corrected chi connectivity index (χ4v) is 2.31. The highest BCUT2D eigenvalue weighted by Gasteiger charge is 2.13. The predicted molar refractivity (Wildman–Crippen MR) is 98.1 cm³/mol. The number of nitrogens with zero attached hydrogens (tertiary/aromatic N) is 2. The Labute approximate surface area is 155 Å². The van der Waals surface area contributed by atoms with E-state index in [4.69, 9.17) is 11.6 Å². The minimum atomic E-state index is -0.710. The second-order valence-electron chi connectivity index (χ2n) is 5.54. The molecule has 5 nitrogen and oxygen atoms in total. The second-order valence-corrected chi connectivity index (χ2v) is 5.94. The summed E-state index contributed by atoms with van der Waals surface area (Å²) in [6.07, 6.45) is 1.09.